The average Bonchev–Trinajstić information content (AvgIpc) is 2.38. The molecule has 0 radical (unpaired) electrons. The molecule has 21 heavy (non-hydrogen) atoms. The molecule has 5 nitrogen and oxygen atoms in total. The van der Waals surface area contributed by atoms with E-state index >= 15 is 0 Å². The minimum Gasteiger partial charge on any atom is -0.491 e. The van der Waals surface area contributed by atoms with Gasteiger partial charge in [-0.05, 0) is 38.5 Å². The van der Waals surface area contributed by atoms with Crippen molar-refractivity contribution >= 4 is 10.0 Å². The molecule has 1 unspecified atom stereocenters. The first-order valence-corrected chi connectivity index (χ1v) is 8.96. The van der Waals surface area contributed by atoms with Crippen molar-refractivity contribution in [2.24, 2.45) is 0 Å². The van der Waals surface area contributed by atoms with E-state index < -0.39 is 10.0 Å². The molecule has 0 aromatic heterocycles. The predicted octanol–water partition coefficient (Wildman–Crippen LogP) is 2.06. The summed E-state index contributed by atoms with van der Waals surface area (Å²) in [7, 11) is -3.16. The molecule has 120 valence electrons. The SMILES string of the molecule is CCNS(=O)(=O)CCNC(C)c1ccc(OC(C)C)cc1. The number of hydrogen-bond acceptors (Lipinski definition) is 4. The molecule has 1 rings (SSSR count). The van der Waals surface area contributed by atoms with Crippen LogP contribution < -0.4 is 14.8 Å². The van der Waals surface area contributed by atoms with E-state index in [9.17, 15) is 8.42 Å². The third-order valence-electron chi connectivity index (χ3n) is 2.94. The summed E-state index contributed by atoms with van der Waals surface area (Å²) >= 11 is 0. The first-order valence-electron chi connectivity index (χ1n) is 7.31. The number of nitrogens with one attached hydrogen (secondary N) is 2. The number of benzene rings is 1. The normalized spacial score (nSPS) is 13.4. The van der Waals surface area contributed by atoms with Crippen LogP contribution in [0.15, 0.2) is 24.3 Å². The number of rotatable bonds is 9. The Balaban J connectivity index is 2.47. The van der Waals surface area contributed by atoms with E-state index in [1.165, 1.54) is 0 Å². The molecule has 0 aliphatic rings. The zero-order valence-electron chi connectivity index (χ0n) is 13.2. The molecule has 1 aromatic rings. The lowest BCUT2D eigenvalue weighted by atomic mass is 10.1. The number of hydrogen-bond donors (Lipinski definition) is 2. The molecule has 0 spiro atoms. The van der Waals surface area contributed by atoms with Gasteiger partial charge in [-0.25, -0.2) is 13.1 Å². The van der Waals surface area contributed by atoms with Crippen molar-refractivity contribution in [1.29, 1.82) is 0 Å². The zero-order chi connectivity index (χ0) is 15.9. The molecule has 0 bridgehead atoms. The summed E-state index contributed by atoms with van der Waals surface area (Å²) in [5.74, 6) is 0.926. The Hall–Kier alpha value is -1.11. The van der Waals surface area contributed by atoms with Gasteiger partial charge in [0.1, 0.15) is 5.75 Å². The van der Waals surface area contributed by atoms with Crippen LogP contribution in [0.4, 0.5) is 0 Å². The van der Waals surface area contributed by atoms with Gasteiger partial charge in [0.15, 0.2) is 0 Å². The molecular weight excluding hydrogens is 288 g/mol. The summed E-state index contributed by atoms with van der Waals surface area (Å²) in [6, 6.07) is 7.95. The Morgan fingerprint density at radius 2 is 1.76 bits per heavy atom. The van der Waals surface area contributed by atoms with Gasteiger partial charge in [0.05, 0.1) is 11.9 Å². The van der Waals surface area contributed by atoms with E-state index in [-0.39, 0.29) is 17.9 Å². The van der Waals surface area contributed by atoms with E-state index in [1.807, 2.05) is 45.0 Å². The Kier molecular flexibility index (Phi) is 7.14. The lowest BCUT2D eigenvalue weighted by molar-refractivity contribution is 0.242. The van der Waals surface area contributed by atoms with E-state index in [2.05, 4.69) is 10.0 Å². The van der Waals surface area contributed by atoms with Crippen molar-refractivity contribution in [3.8, 4) is 5.75 Å². The monoisotopic (exact) mass is 314 g/mol. The van der Waals surface area contributed by atoms with E-state index in [0.717, 1.165) is 11.3 Å². The summed E-state index contributed by atoms with van der Waals surface area (Å²) < 4.78 is 31.1. The summed E-state index contributed by atoms with van der Waals surface area (Å²) in [5.41, 5.74) is 1.10. The lowest BCUT2D eigenvalue weighted by Crippen LogP contribution is -2.32. The minimum atomic E-state index is -3.16. The largest absolute Gasteiger partial charge is 0.491 e. The van der Waals surface area contributed by atoms with Gasteiger partial charge in [0.25, 0.3) is 0 Å². The van der Waals surface area contributed by atoms with Crippen molar-refractivity contribution in [2.75, 3.05) is 18.8 Å². The molecule has 1 aromatic carbocycles. The van der Waals surface area contributed by atoms with Crippen LogP contribution in [-0.4, -0.2) is 33.4 Å². The Bertz CT molecular complexity index is 512. The molecule has 0 amide bonds. The van der Waals surface area contributed by atoms with Gasteiger partial charge >= 0.3 is 0 Å². The van der Waals surface area contributed by atoms with Crippen molar-refractivity contribution < 1.29 is 13.2 Å². The second-order valence-electron chi connectivity index (χ2n) is 5.23. The second-order valence-corrected chi connectivity index (χ2v) is 7.15. The topological polar surface area (TPSA) is 67.4 Å². The first-order chi connectivity index (χ1) is 9.84. The molecule has 2 N–H and O–H groups in total. The third kappa shape index (κ3) is 6.93. The van der Waals surface area contributed by atoms with Crippen molar-refractivity contribution in [1.82, 2.24) is 10.0 Å². The maximum absolute atomic E-state index is 11.5. The van der Waals surface area contributed by atoms with Gasteiger partial charge in [0.2, 0.25) is 10.0 Å². The van der Waals surface area contributed by atoms with Crippen LogP contribution in [0, 0.1) is 0 Å². The fourth-order valence-electron chi connectivity index (χ4n) is 1.93. The summed E-state index contributed by atoms with van der Waals surface area (Å²) in [5, 5.41) is 3.21. The number of ether oxygens (including phenoxy) is 1. The van der Waals surface area contributed by atoms with E-state index in [0.29, 0.717) is 13.1 Å². The Morgan fingerprint density at radius 1 is 1.14 bits per heavy atom. The van der Waals surface area contributed by atoms with Gasteiger partial charge in [-0.1, -0.05) is 19.1 Å². The highest BCUT2D eigenvalue weighted by Gasteiger charge is 2.10. The van der Waals surface area contributed by atoms with Crippen molar-refractivity contribution in [3.05, 3.63) is 29.8 Å². The lowest BCUT2D eigenvalue weighted by Gasteiger charge is -2.16. The molecule has 1 atom stereocenters. The molecule has 0 aliphatic carbocycles. The standard InChI is InChI=1S/C15H26N2O3S/c1-5-17-21(18,19)11-10-16-13(4)14-6-8-15(9-7-14)20-12(2)3/h6-9,12-13,16-17H,5,10-11H2,1-4H3. The summed E-state index contributed by atoms with van der Waals surface area (Å²) in [6.07, 6.45) is 0.155. The van der Waals surface area contributed by atoms with E-state index in [4.69, 9.17) is 4.74 Å². The van der Waals surface area contributed by atoms with Crippen LogP contribution in [-0.2, 0) is 10.0 Å². The van der Waals surface area contributed by atoms with Crippen LogP contribution >= 0.6 is 0 Å². The third-order valence-corrected chi connectivity index (χ3v) is 4.41. The maximum atomic E-state index is 11.5. The first kappa shape index (κ1) is 17.9. The van der Waals surface area contributed by atoms with Gasteiger partial charge in [-0.3, -0.25) is 0 Å². The quantitative estimate of drug-likeness (QED) is 0.732. The minimum absolute atomic E-state index is 0.0831. The molecule has 0 saturated heterocycles. The smallest absolute Gasteiger partial charge is 0.212 e. The second kappa shape index (κ2) is 8.36. The fourth-order valence-corrected chi connectivity index (χ4v) is 2.90. The zero-order valence-corrected chi connectivity index (χ0v) is 14.0. The van der Waals surface area contributed by atoms with Gasteiger partial charge in [-0.15, -0.1) is 0 Å². The molecule has 0 aliphatic heterocycles. The highest BCUT2D eigenvalue weighted by atomic mass is 32.2. The van der Waals surface area contributed by atoms with E-state index in [1.54, 1.807) is 6.92 Å². The predicted molar refractivity (Wildman–Crippen MR) is 86.1 cm³/mol. The average molecular weight is 314 g/mol. The molecule has 0 fully saturated rings. The molecule has 0 heterocycles. The fraction of sp³-hybridized carbons (Fsp3) is 0.600. The number of sulfonamides is 1. The highest BCUT2D eigenvalue weighted by molar-refractivity contribution is 7.89. The van der Waals surface area contributed by atoms with Crippen LogP contribution in [0.3, 0.4) is 0 Å². The van der Waals surface area contributed by atoms with Gasteiger partial charge in [0, 0.05) is 19.1 Å². The molecule has 0 saturated carbocycles. The van der Waals surface area contributed by atoms with Gasteiger partial charge in [-0.2, -0.15) is 0 Å². The summed E-state index contributed by atoms with van der Waals surface area (Å²) in [4.78, 5) is 0. The molecule has 6 heteroatoms. The highest BCUT2D eigenvalue weighted by Crippen LogP contribution is 2.18. The van der Waals surface area contributed by atoms with Crippen molar-refractivity contribution in [2.45, 2.75) is 39.8 Å². The Morgan fingerprint density at radius 3 is 2.29 bits per heavy atom. The van der Waals surface area contributed by atoms with Crippen molar-refractivity contribution in [3.63, 3.8) is 0 Å². The Labute approximate surface area is 128 Å². The van der Waals surface area contributed by atoms with Crippen LogP contribution in [0.5, 0.6) is 5.75 Å². The maximum Gasteiger partial charge on any atom is 0.212 e. The van der Waals surface area contributed by atoms with Crippen LogP contribution in [0.25, 0.3) is 0 Å². The molecular formula is C15H26N2O3S. The summed E-state index contributed by atoms with van der Waals surface area (Å²) in [6.45, 7) is 8.61. The van der Waals surface area contributed by atoms with Crippen LogP contribution in [0.1, 0.15) is 39.3 Å². The van der Waals surface area contributed by atoms with Gasteiger partial charge < -0.3 is 10.1 Å². The van der Waals surface area contributed by atoms with Crippen LogP contribution in [0.2, 0.25) is 0 Å².